The molecule has 0 atom stereocenters. The Kier molecular flexibility index (Phi) is 7.64. The molecular formula is C23H33FN4O2S. The van der Waals surface area contributed by atoms with Crippen molar-refractivity contribution >= 4 is 15.8 Å². The molecule has 0 saturated carbocycles. The van der Waals surface area contributed by atoms with Crippen LogP contribution in [0.3, 0.4) is 0 Å². The van der Waals surface area contributed by atoms with Crippen LogP contribution in [-0.4, -0.2) is 54.6 Å². The van der Waals surface area contributed by atoms with E-state index in [1.54, 1.807) is 16.4 Å². The van der Waals surface area contributed by atoms with Gasteiger partial charge in [0.1, 0.15) is 17.5 Å². The van der Waals surface area contributed by atoms with Crippen LogP contribution in [0.15, 0.2) is 24.3 Å². The van der Waals surface area contributed by atoms with E-state index in [4.69, 9.17) is 9.97 Å². The van der Waals surface area contributed by atoms with E-state index in [0.717, 1.165) is 29.3 Å². The second kappa shape index (κ2) is 10.0. The summed E-state index contributed by atoms with van der Waals surface area (Å²) >= 11 is 0. The molecule has 0 N–H and O–H groups in total. The zero-order valence-electron chi connectivity index (χ0n) is 18.9. The van der Waals surface area contributed by atoms with Crippen molar-refractivity contribution in [1.29, 1.82) is 0 Å². The first-order valence-electron chi connectivity index (χ1n) is 11.1. The maximum absolute atomic E-state index is 14.4. The number of aryl methyl sites for hydroxylation is 1. The summed E-state index contributed by atoms with van der Waals surface area (Å²) < 4.78 is 40.9. The van der Waals surface area contributed by atoms with Crippen LogP contribution >= 0.6 is 0 Å². The SMILES string of the molecule is CCCS(=O)(=O)N1CCN(c2nc(C(C)C)nc(CC)c2Cc2ccccc2F)CC1. The summed E-state index contributed by atoms with van der Waals surface area (Å²) in [6.45, 7) is 10.0. The van der Waals surface area contributed by atoms with Crippen molar-refractivity contribution in [3.63, 3.8) is 0 Å². The summed E-state index contributed by atoms with van der Waals surface area (Å²) in [5, 5.41) is 0. The van der Waals surface area contributed by atoms with Gasteiger partial charge in [-0.25, -0.2) is 22.8 Å². The largest absolute Gasteiger partial charge is 0.354 e. The lowest BCUT2D eigenvalue weighted by atomic mass is 10.0. The van der Waals surface area contributed by atoms with Gasteiger partial charge in [-0.15, -0.1) is 0 Å². The number of hydrogen-bond donors (Lipinski definition) is 0. The monoisotopic (exact) mass is 448 g/mol. The molecule has 0 aliphatic carbocycles. The van der Waals surface area contributed by atoms with Crippen LogP contribution < -0.4 is 4.90 Å². The van der Waals surface area contributed by atoms with Crippen LogP contribution in [0.5, 0.6) is 0 Å². The number of nitrogens with zero attached hydrogens (tertiary/aromatic N) is 4. The lowest BCUT2D eigenvalue weighted by molar-refractivity contribution is 0.383. The third-order valence-electron chi connectivity index (χ3n) is 5.66. The maximum Gasteiger partial charge on any atom is 0.214 e. The highest BCUT2D eigenvalue weighted by molar-refractivity contribution is 7.89. The molecule has 1 aromatic heterocycles. The highest BCUT2D eigenvalue weighted by atomic mass is 32.2. The number of benzene rings is 1. The Balaban J connectivity index is 1.96. The van der Waals surface area contributed by atoms with Crippen molar-refractivity contribution < 1.29 is 12.8 Å². The number of sulfonamides is 1. The molecule has 0 amide bonds. The molecular weight excluding hydrogens is 415 g/mol. The van der Waals surface area contributed by atoms with E-state index in [2.05, 4.69) is 25.7 Å². The Morgan fingerprint density at radius 3 is 2.32 bits per heavy atom. The van der Waals surface area contributed by atoms with Crippen molar-refractivity contribution in [1.82, 2.24) is 14.3 Å². The molecule has 8 heteroatoms. The van der Waals surface area contributed by atoms with Crippen molar-refractivity contribution in [3.05, 3.63) is 52.7 Å². The Labute approximate surface area is 185 Å². The first kappa shape index (κ1) is 23.6. The molecule has 6 nitrogen and oxygen atoms in total. The molecule has 1 aliphatic heterocycles. The third kappa shape index (κ3) is 5.41. The van der Waals surface area contributed by atoms with Crippen LogP contribution in [0.2, 0.25) is 0 Å². The standard InChI is InChI=1S/C23H33FN4O2S/c1-5-15-31(29,30)28-13-11-27(12-14-28)23-19(16-18-9-7-8-10-20(18)24)21(6-2)25-22(26-23)17(3)4/h7-10,17H,5-6,11-16H2,1-4H3. The molecule has 170 valence electrons. The summed E-state index contributed by atoms with van der Waals surface area (Å²) in [6.07, 6.45) is 1.75. The lowest BCUT2D eigenvalue weighted by Crippen LogP contribution is -2.49. The van der Waals surface area contributed by atoms with Gasteiger partial charge < -0.3 is 4.90 Å². The molecule has 1 fully saturated rings. The van der Waals surface area contributed by atoms with Gasteiger partial charge in [0, 0.05) is 49.8 Å². The molecule has 1 saturated heterocycles. The van der Waals surface area contributed by atoms with Gasteiger partial charge in [0.05, 0.1) is 5.75 Å². The third-order valence-corrected chi connectivity index (χ3v) is 7.73. The molecule has 2 aromatic rings. The van der Waals surface area contributed by atoms with Gasteiger partial charge >= 0.3 is 0 Å². The molecule has 0 spiro atoms. The Morgan fingerprint density at radius 2 is 1.74 bits per heavy atom. The smallest absolute Gasteiger partial charge is 0.214 e. The Hall–Kier alpha value is -2.06. The van der Waals surface area contributed by atoms with E-state index in [1.165, 1.54) is 6.07 Å². The molecule has 1 aliphatic rings. The summed E-state index contributed by atoms with van der Waals surface area (Å²) in [5.41, 5.74) is 2.48. The van der Waals surface area contributed by atoms with Gasteiger partial charge in [-0.2, -0.15) is 4.31 Å². The van der Waals surface area contributed by atoms with Gasteiger partial charge in [-0.05, 0) is 24.5 Å². The molecule has 3 rings (SSSR count). The second-order valence-electron chi connectivity index (χ2n) is 8.31. The number of anilines is 1. The van der Waals surface area contributed by atoms with Crippen LogP contribution in [0, 0.1) is 5.82 Å². The van der Waals surface area contributed by atoms with E-state index in [9.17, 15) is 12.8 Å². The fourth-order valence-corrected chi connectivity index (χ4v) is 5.42. The molecule has 0 bridgehead atoms. The predicted molar refractivity (Wildman–Crippen MR) is 123 cm³/mol. The number of hydrogen-bond acceptors (Lipinski definition) is 5. The highest BCUT2D eigenvalue weighted by Gasteiger charge is 2.29. The topological polar surface area (TPSA) is 66.4 Å². The van der Waals surface area contributed by atoms with Crippen molar-refractivity contribution in [2.24, 2.45) is 0 Å². The summed E-state index contributed by atoms with van der Waals surface area (Å²) in [4.78, 5) is 11.8. The minimum atomic E-state index is -3.21. The molecule has 2 heterocycles. The summed E-state index contributed by atoms with van der Waals surface area (Å²) in [7, 11) is -3.21. The van der Waals surface area contributed by atoms with E-state index >= 15 is 0 Å². The second-order valence-corrected chi connectivity index (χ2v) is 10.4. The zero-order chi connectivity index (χ0) is 22.6. The Morgan fingerprint density at radius 1 is 1.06 bits per heavy atom. The van der Waals surface area contributed by atoms with Gasteiger partial charge in [-0.1, -0.05) is 45.9 Å². The minimum Gasteiger partial charge on any atom is -0.354 e. The normalized spacial score (nSPS) is 15.6. The van der Waals surface area contributed by atoms with Crippen molar-refractivity contribution in [3.8, 4) is 0 Å². The number of aromatic nitrogens is 2. The van der Waals surface area contributed by atoms with E-state index in [0.29, 0.717) is 44.6 Å². The Bertz CT molecular complexity index is 1000. The van der Waals surface area contributed by atoms with Crippen LogP contribution in [-0.2, 0) is 22.9 Å². The molecule has 0 unspecified atom stereocenters. The number of rotatable bonds is 8. The van der Waals surface area contributed by atoms with Gasteiger partial charge in [0.2, 0.25) is 10.0 Å². The van der Waals surface area contributed by atoms with Gasteiger partial charge in [0.25, 0.3) is 0 Å². The lowest BCUT2D eigenvalue weighted by Gasteiger charge is -2.36. The summed E-state index contributed by atoms with van der Waals surface area (Å²) in [5.74, 6) is 1.68. The molecule has 1 aromatic carbocycles. The van der Waals surface area contributed by atoms with Gasteiger partial charge in [-0.3, -0.25) is 0 Å². The maximum atomic E-state index is 14.4. The van der Waals surface area contributed by atoms with E-state index in [-0.39, 0.29) is 17.5 Å². The fraction of sp³-hybridized carbons (Fsp3) is 0.565. The number of piperazine rings is 1. The summed E-state index contributed by atoms with van der Waals surface area (Å²) in [6, 6.07) is 6.80. The van der Waals surface area contributed by atoms with Crippen LogP contribution in [0.25, 0.3) is 0 Å². The number of halogens is 1. The average molecular weight is 449 g/mol. The average Bonchev–Trinajstić information content (AvgIpc) is 2.75. The zero-order valence-corrected chi connectivity index (χ0v) is 19.8. The quantitative estimate of drug-likeness (QED) is 0.615. The predicted octanol–water partition coefficient (Wildman–Crippen LogP) is 3.75. The van der Waals surface area contributed by atoms with Crippen molar-refractivity contribution in [2.45, 2.75) is 52.9 Å². The first-order valence-corrected chi connectivity index (χ1v) is 12.7. The van der Waals surface area contributed by atoms with E-state index < -0.39 is 10.0 Å². The fourth-order valence-electron chi connectivity index (χ4n) is 3.93. The molecule has 0 radical (unpaired) electrons. The van der Waals surface area contributed by atoms with Crippen LogP contribution in [0.1, 0.15) is 62.7 Å². The minimum absolute atomic E-state index is 0.165. The van der Waals surface area contributed by atoms with Gasteiger partial charge in [0.15, 0.2) is 0 Å². The highest BCUT2D eigenvalue weighted by Crippen LogP contribution is 2.28. The van der Waals surface area contributed by atoms with E-state index in [1.807, 2.05) is 13.0 Å². The van der Waals surface area contributed by atoms with Crippen molar-refractivity contribution in [2.75, 3.05) is 36.8 Å². The first-order chi connectivity index (χ1) is 14.8. The van der Waals surface area contributed by atoms with Crippen LogP contribution in [0.4, 0.5) is 10.2 Å². The molecule has 31 heavy (non-hydrogen) atoms.